The molecule has 9 nitrogen and oxygen atoms in total. The first-order valence-corrected chi connectivity index (χ1v) is 13.5. The summed E-state index contributed by atoms with van der Waals surface area (Å²) >= 11 is 1.52. The number of nitro benzene ring substituents is 1. The molecule has 5 aromatic rings. The molecule has 0 radical (unpaired) electrons. The predicted octanol–water partition coefficient (Wildman–Crippen LogP) is 7.11. The summed E-state index contributed by atoms with van der Waals surface area (Å²) in [7, 11) is 0. The number of amides is 1. The van der Waals surface area contributed by atoms with E-state index in [2.05, 4.69) is 20.8 Å². The van der Waals surface area contributed by atoms with Gasteiger partial charge in [-0.15, -0.1) is 11.3 Å². The van der Waals surface area contributed by atoms with Crippen molar-refractivity contribution in [3.63, 3.8) is 0 Å². The molecule has 0 aliphatic carbocycles. The summed E-state index contributed by atoms with van der Waals surface area (Å²) in [6.45, 7) is 2.31. The summed E-state index contributed by atoms with van der Waals surface area (Å²) in [6, 6.07) is 28.7. The summed E-state index contributed by atoms with van der Waals surface area (Å²) < 4.78 is 5.79. The van der Waals surface area contributed by atoms with Gasteiger partial charge in [0.05, 0.1) is 16.8 Å². The topological polar surface area (TPSA) is 119 Å². The van der Waals surface area contributed by atoms with Crippen LogP contribution in [-0.2, 0) is 6.61 Å². The zero-order valence-electron chi connectivity index (χ0n) is 22.0. The maximum atomic E-state index is 12.6. The van der Waals surface area contributed by atoms with Crippen LogP contribution in [0.4, 0.5) is 16.5 Å². The first-order chi connectivity index (χ1) is 19.9. The Hall–Kier alpha value is -5.35. The molecule has 0 spiro atoms. The van der Waals surface area contributed by atoms with E-state index in [1.807, 2.05) is 60.8 Å². The van der Waals surface area contributed by atoms with Crippen molar-refractivity contribution in [2.75, 3.05) is 5.32 Å². The summed E-state index contributed by atoms with van der Waals surface area (Å²) in [5.74, 6) is 0.270. The predicted molar refractivity (Wildman–Crippen MR) is 161 cm³/mol. The first-order valence-electron chi connectivity index (χ1n) is 12.6. The number of benzene rings is 4. The van der Waals surface area contributed by atoms with Crippen molar-refractivity contribution in [1.82, 2.24) is 10.4 Å². The Morgan fingerprint density at radius 2 is 1.78 bits per heavy atom. The Balaban J connectivity index is 1.13. The summed E-state index contributed by atoms with van der Waals surface area (Å²) in [6.07, 6.45) is 1.53. The van der Waals surface area contributed by atoms with Crippen LogP contribution in [0.25, 0.3) is 11.3 Å². The maximum Gasteiger partial charge on any atom is 0.271 e. The third kappa shape index (κ3) is 7.40. The summed E-state index contributed by atoms with van der Waals surface area (Å²) in [5.41, 5.74) is 8.50. The van der Waals surface area contributed by atoms with Gasteiger partial charge in [-0.3, -0.25) is 14.9 Å². The van der Waals surface area contributed by atoms with Crippen LogP contribution < -0.4 is 15.5 Å². The quantitative estimate of drug-likeness (QED) is 0.106. The number of hydrogen-bond donors (Lipinski definition) is 2. The van der Waals surface area contributed by atoms with Gasteiger partial charge in [0.15, 0.2) is 5.13 Å². The standard InChI is InChI=1S/C31H25N5O4S/c1-21-5-13-26(14-6-21)33-31-34-29(20-41-31)24-9-11-25(12-10-24)30(37)35-32-18-23-3-2-4-28(17-23)40-19-22-7-15-27(16-8-22)36(38)39/h2-18,20H,19H2,1H3,(H,33,34)(H,35,37)/b32-18-. The lowest BCUT2D eigenvalue weighted by atomic mass is 10.1. The van der Waals surface area contributed by atoms with Crippen LogP contribution in [0.1, 0.15) is 27.0 Å². The van der Waals surface area contributed by atoms with E-state index in [0.717, 1.165) is 33.2 Å². The largest absolute Gasteiger partial charge is 0.489 e. The maximum absolute atomic E-state index is 12.6. The van der Waals surface area contributed by atoms with Gasteiger partial charge in [0.2, 0.25) is 0 Å². The fourth-order valence-corrected chi connectivity index (χ4v) is 4.55. The number of thiazole rings is 1. The number of aryl methyl sites for hydroxylation is 1. The van der Waals surface area contributed by atoms with Crippen LogP contribution in [0.5, 0.6) is 5.75 Å². The fraction of sp³-hybridized carbons (Fsp3) is 0.0645. The Labute approximate surface area is 240 Å². The second-order valence-electron chi connectivity index (χ2n) is 9.09. The molecule has 204 valence electrons. The summed E-state index contributed by atoms with van der Waals surface area (Å²) in [5, 5.41) is 20.9. The number of carbonyl (C=O) groups excluding carboxylic acids is 1. The van der Waals surface area contributed by atoms with Crippen molar-refractivity contribution in [1.29, 1.82) is 0 Å². The third-order valence-corrected chi connectivity index (χ3v) is 6.80. The molecule has 41 heavy (non-hydrogen) atoms. The van der Waals surface area contributed by atoms with Crippen LogP contribution >= 0.6 is 11.3 Å². The molecule has 0 fully saturated rings. The van der Waals surface area contributed by atoms with Crippen molar-refractivity contribution in [3.05, 3.63) is 135 Å². The first kappa shape index (κ1) is 27.2. The SMILES string of the molecule is Cc1ccc(Nc2nc(-c3ccc(C(=O)N/N=C\c4cccc(OCc5ccc([N+](=O)[O-])cc5)c4)cc3)cs2)cc1. The van der Waals surface area contributed by atoms with Gasteiger partial charge in [0, 0.05) is 34.3 Å². The molecular weight excluding hydrogens is 538 g/mol. The van der Waals surface area contributed by atoms with E-state index >= 15 is 0 Å². The molecule has 0 unspecified atom stereocenters. The molecule has 0 aliphatic rings. The minimum Gasteiger partial charge on any atom is -0.489 e. The number of nitro groups is 1. The number of hydrazone groups is 1. The number of hydrogen-bond acceptors (Lipinski definition) is 8. The van der Waals surface area contributed by atoms with Crippen LogP contribution in [0.2, 0.25) is 0 Å². The number of ether oxygens (including phenoxy) is 1. The number of non-ortho nitro benzene ring substituents is 1. The highest BCUT2D eigenvalue weighted by Crippen LogP contribution is 2.27. The van der Waals surface area contributed by atoms with Gasteiger partial charge >= 0.3 is 0 Å². The Morgan fingerprint density at radius 3 is 2.51 bits per heavy atom. The van der Waals surface area contributed by atoms with Gasteiger partial charge < -0.3 is 10.1 Å². The van der Waals surface area contributed by atoms with Crippen molar-refractivity contribution in [3.8, 4) is 17.0 Å². The highest BCUT2D eigenvalue weighted by atomic mass is 32.1. The molecule has 0 saturated heterocycles. The number of anilines is 2. The highest BCUT2D eigenvalue weighted by Gasteiger charge is 2.09. The van der Waals surface area contributed by atoms with Crippen molar-refractivity contribution < 1.29 is 14.5 Å². The molecule has 0 aliphatic heterocycles. The molecule has 0 bridgehead atoms. The van der Waals surface area contributed by atoms with Gasteiger partial charge in [-0.2, -0.15) is 5.10 Å². The van der Waals surface area contributed by atoms with E-state index in [4.69, 9.17) is 4.74 Å². The average molecular weight is 564 g/mol. The Kier molecular flexibility index (Phi) is 8.41. The van der Waals surface area contributed by atoms with E-state index < -0.39 is 4.92 Å². The lowest BCUT2D eigenvalue weighted by molar-refractivity contribution is -0.384. The summed E-state index contributed by atoms with van der Waals surface area (Å²) in [4.78, 5) is 27.6. The fourth-order valence-electron chi connectivity index (χ4n) is 3.81. The third-order valence-electron chi connectivity index (χ3n) is 6.04. The Morgan fingerprint density at radius 1 is 1.02 bits per heavy atom. The Bertz CT molecular complexity index is 1680. The zero-order valence-corrected chi connectivity index (χ0v) is 22.8. The van der Waals surface area contributed by atoms with Crippen LogP contribution in [-0.4, -0.2) is 22.0 Å². The van der Waals surface area contributed by atoms with Gasteiger partial charge in [-0.05, 0) is 66.6 Å². The molecule has 2 N–H and O–H groups in total. The lowest BCUT2D eigenvalue weighted by Crippen LogP contribution is -2.17. The molecule has 1 aromatic heterocycles. The van der Waals surface area contributed by atoms with Crippen LogP contribution in [0.15, 0.2) is 108 Å². The van der Waals surface area contributed by atoms with Crippen LogP contribution in [0.3, 0.4) is 0 Å². The highest BCUT2D eigenvalue weighted by molar-refractivity contribution is 7.14. The lowest BCUT2D eigenvalue weighted by Gasteiger charge is -2.07. The number of nitrogens with one attached hydrogen (secondary N) is 2. The second-order valence-corrected chi connectivity index (χ2v) is 9.95. The van der Waals surface area contributed by atoms with Gasteiger partial charge in [0.25, 0.3) is 11.6 Å². The molecule has 5 rings (SSSR count). The molecule has 1 heterocycles. The molecule has 1 amide bonds. The monoisotopic (exact) mass is 563 g/mol. The molecule has 0 saturated carbocycles. The number of carbonyl (C=O) groups is 1. The van der Waals surface area contributed by atoms with E-state index in [-0.39, 0.29) is 18.2 Å². The molecular formula is C31H25N5O4S. The number of aromatic nitrogens is 1. The normalized spacial score (nSPS) is 10.9. The molecule has 10 heteroatoms. The molecule has 0 atom stereocenters. The van der Waals surface area contributed by atoms with E-state index in [1.165, 1.54) is 35.2 Å². The van der Waals surface area contributed by atoms with Crippen molar-refractivity contribution >= 4 is 40.0 Å². The minimum absolute atomic E-state index is 0.0325. The van der Waals surface area contributed by atoms with Gasteiger partial charge in [0.1, 0.15) is 12.4 Å². The second kappa shape index (κ2) is 12.7. The van der Waals surface area contributed by atoms with Crippen molar-refractivity contribution in [2.24, 2.45) is 5.10 Å². The van der Waals surface area contributed by atoms with Gasteiger partial charge in [-0.25, -0.2) is 10.4 Å². The van der Waals surface area contributed by atoms with E-state index in [1.54, 1.807) is 36.4 Å². The number of rotatable bonds is 10. The van der Waals surface area contributed by atoms with E-state index in [0.29, 0.717) is 11.3 Å². The zero-order chi connectivity index (χ0) is 28.6. The average Bonchev–Trinajstić information content (AvgIpc) is 3.46. The van der Waals surface area contributed by atoms with E-state index in [9.17, 15) is 14.9 Å². The number of nitrogens with zero attached hydrogens (tertiary/aromatic N) is 3. The minimum atomic E-state index is -0.440. The van der Waals surface area contributed by atoms with Gasteiger partial charge in [-0.1, -0.05) is 42.0 Å². The van der Waals surface area contributed by atoms with Crippen molar-refractivity contribution in [2.45, 2.75) is 13.5 Å². The molecule has 4 aromatic carbocycles. The smallest absolute Gasteiger partial charge is 0.271 e. The van der Waals surface area contributed by atoms with Crippen LogP contribution in [0, 0.1) is 17.0 Å².